The molecule has 1 N–H and O–H groups in total. The summed E-state index contributed by atoms with van der Waals surface area (Å²) in [5, 5.41) is 9.67. The van der Waals surface area contributed by atoms with E-state index in [9.17, 15) is 9.90 Å². The molecule has 0 heterocycles. The van der Waals surface area contributed by atoms with E-state index in [2.05, 4.69) is 15.9 Å². The van der Waals surface area contributed by atoms with E-state index in [1.54, 1.807) is 32.2 Å². The zero-order valence-corrected chi connectivity index (χ0v) is 10.7. The molecule has 16 heavy (non-hydrogen) atoms. The number of hydrogen-bond acceptors (Lipinski definition) is 4. The number of benzene rings is 1. The molecule has 0 spiro atoms. The van der Waals surface area contributed by atoms with Crippen molar-refractivity contribution in [2.75, 3.05) is 13.7 Å². The van der Waals surface area contributed by atoms with Gasteiger partial charge in [-0.3, -0.25) is 0 Å². The highest BCUT2D eigenvalue weighted by atomic mass is 79.9. The Kier molecular flexibility index (Phi) is 4.76. The largest absolute Gasteiger partial charge is 0.496 e. The van der Waals surface area contributed by atoms with Crippen molar-refractivity contribution in [2.45, 2.75) is 13.0 Å². The van der Waals surface area contributed by atoms with Crippen LogP contribution in [0.2, 0.25) is 0 Å². The van der Waals surface area contributed by atoms with Gasteiger partial charge in [0.2, 0.25) is 0 Å². The molecule has 0 unspecified atom stereocenters. The van der Waals surface area contributed by atoms with Gasteiger partial charge >= 0.3 is 5.97 Å². The van der Waals surface area contributed by atoms with Gasteiger partial charge in [0.1, 0.15) is 5.75 Å². The third-order valence-corrected chi connectivity index (χ3v) is 2.62. The number of methoxy groups -OCH3 is 1. The van der Waals surface area contributed by atoms with Crippen molar-refractivity contribution in [2.24, 2.45) is 0 Å². The molecule has 0 bridgehead atoms. The van der Waals surface area contributed by atoms with Crippen LogP contribution in [0.15, 0.2) is 22.7 Å². The standard InChI is InChI=1S/C11H13BrO4/c1-3-16-11(14)10(13)7-4-5-9(15-2)8(12)6-7/h4-6,10,13H,3H2,1-2H3/t10-/m0/s1. The SMILES string of the molecule is CCOC(=O)[C@@H](O)c1ccc(OC)c(Br)c1. The van der Waals surface area contributed by atoms with Crippen LogP contribution in [0.5, 0.6) is 5.75 Å². The number of carbonyl (C=O) groups excluding carboxylic acids is 1. The summed E-state index contributed by atoms with van der Waals surface area (Å²) in [6.45, 7) is 1.93. The minimum Gasteiger partial charge on any atom is -0.496 e. The number of aliphatic hydroxyl groups is 1. The van der Waals surface area contributed by atoms with Crippen molar-refractivity contribution in [1.29, 1.82) is 0 Å². The molecule has 1 rings (SSSR count). The summed E-state index contributed by atoms with van der Waals surface area (Å²) in [5.74, 6) is -0.0145. The molecule has 1 aromatic carbocycles. The topological polar surface area (TPSA) is 55.8 Å². The highest BCUT2D eigenvalue weighted by molar-refractivity contribution is 9.10. The normalized spacial score (nSPS) is 12.0. The molecular weight excluding hydrogens is 276 g/mol. The lowest BCUT2D eigenvalue weighted by Gasteiger charge is -2.11. The third-order valence-electron chi connectivity index (χ3n) is 2.00. The Morgan fingerprint density at radius 2 is 2.25 bits per heavy atom. The van der Waals surface area contributed by atoms with Gasteiger partial charge < -0.3 is 14.6 Å². The van der Waals surface area contributed by atoms with Crippen LogP contribution in [0.3, 0.4) is 0 Å². The quantitative estimate of drug-likeness (QED) is 0.862. The smallest absolute Gasteiger partial charge is 0.339 e. The Hall–Kier alpha value is -1.07. The monoisotopic (exact) mass is 288 g/mol. The first-order chi connectivity index (χ1) is 7.60. The van der Waals surface area contributed by atoms with Crippen LogP contribution < -0.4 is 4.74 Å². The summed E-state index contributed by atoms with van der Waals surface area (Å²) in [6.07, 6.45) is -1.26. The van der Waals surface area contributed by atoms with E-state index in [-0.39, 0.29) is 6.61 Å². The fourth-order valence-corrected chi connectivity index (χ4v) is 1.77. The molecule has 1 aromatic rings. The molecule has 88 valence electrons. The molecule has 5 heteroatoms. The van der Waals surface area contributed by atoms with Gasteiger partial charge in [0.25, 0.3) is 0 Å². The number of hydrogen-bond donors (Lipinski definition) is 1. The van der Waals surface area contributed by atoms with E-state index in [4.69, 9.17) is 9.47 Å². The molecule has 0 aliphatic heterocycles. The second-order valence-electron chi connectivity index (χ2n) is 3.05. The van der Waals surface area contributed by atoms with Gasteiger partial charge in [0.05, 0.1) is 18.2 Å². The molecule has 0 aliphatic rings. The summed E-state index contributed by atoms with van der Waals surface area (Å²) >= 11 is 3.28. The third kappa shape index (κ3) is 2.96. The number of carbonyl (C=O) groups is 1. The van der Waals surface area contributed by atoms with Gasteiger partial charge in [-0.25, -0.2) is 4.79 Å². The van der Waals surface area contributed by atoms with E-state index >= 15 is 0 Å². The van der Waals surface area contributed by atoms with Crippen LogP contribution in [-0.2, 0) is 9.53 Å². The summed E-state index contributed by atoms with van der Waals surface area (Å²) in [5.41, 5.74) is 0.464. The molecule has 0 radical (unpaired) electrons. The van der Waals surface area contributed by atoms with Gasteiger partial charge in [-0.2, -0.15) is 0 Å². The molecule has 0 aromatic heterocycles. The first-order valence-electron chi connectivity index (χ1n) is 4.78. The molecule has 4 nitrogen and oxygen atoms in total. The Balaban J connectivity index is 2.88. The van der Waals surface area contributed by atoms with Crippen LogP contribution in [0.1, 0.15) is 18.6 Å². The van der Waals surface area contributed by atoms with E-state index in [1.165, 1.54) is 0 Å². The van der Waals surface area contributed by atoms with Gasteiger partial charge in [-0.1, -0.05) is 6.07 Å². The zero-order valence-electron chi connectivity index (χ0n) is 9.07. The van der Waals surface area contributed by atoms with Crippen LogP contribution in [0.4, 0.5) is 0 Å². The highest BCUT2D eigenvalue weighted by Gasteiger charge is 2.19. The maximum absolute atomic E-state index is 11.3. The molecule has 0 fully saturated rings. The fourth-order valence-electron chi connectivity index (χ4n) is 1.21. The fraction of sp³-hybridized carbons (Fsp3) is 0.364. The number of esters is 1. The Bertz CT molecular complexity index is 378. The van der Waals surface area contributed by atoms with Crippen LogP contribution in [-0.4, -0.2) is 24.8 Å². The van der Waals surface area contributed by atoms with E-state index in [1.807, 2.05) is 0 Å². The summed E-state index contributed by atoms with van der Waals surface area (Å²) in [4.78, 5) is 11.3. The Morgan fingerprint density at radius 3 is 2.75 bits per heavy atom. The van der Waals surface area contributed by atoms with E-state index in [0.29, 0.717) is 15.8 Å². The minimum absolute atomic E-state index is 0.243. The first kappa shape index (κ1) is 13.0. The zero-order chi connectivity index (χ0) is 12.1. The molecule has 0 saturated heterocycles. The molecule has 0 aliphatic carbocycles. The van der Waals surface area contributed by atoms with Crippen molar-refractivity contribution in [1.82, 2.24) is 0 Å². The average Bonchev–Trinajstić information content (AvgIpc) is 2.28. The van der Waals surface area contributed by atoms with Crippen molar-refractivity contribution < 1.29 is 19.4 Å². The second kappa shape index (κ2) is 5.86. The van der Waals surface area contributed by atoms with Crippen molar-refractivity contribution in [3.8, 4) is 5.75 Å². The molecule has 0 amide bonds. The number of rotatable bonds is 4. The molecular formula is C11H13BrO4. The maximum atomic E-state index is 11.3. The molecule has 1 atom stereocenters. The lowest BCUT2D eigenvalue weighted by Crippen LogP contribution is -2.15. The van der Waals surface area contributed by atoms with Crippen molar-refractivity contribution in [3.63, 3.8) is 0 Å². The lowest BCUT2D eigenvalue weighted by molar-refractivity contribution is -0.153. The van der Waals surface area contributed by atoms with E-state index in [0.717, 1.165) is 0 Å². The lowest BCUT2D eigenvalue weighted by atomic mass is 10.1. The number of halogens is 1. The summed E-state index contributed by atoms with van der Waals surface area (Å²) in [6, 6.07) is 4.91. The van der Waals surface area contributed by atoms with Gasteiger partial charge in [-0.05, 0) is 40.5 Å². The van der Waals surface area contributed by atoms with E-state index < -0.39 is 12.1 Å². The van der Waals surface area contributed by atoms with Crippen LogP contribution in [0.25, 0.3) is 0 Å². The van der Waals surface area contributed by atoms with Gasteiger partial charge in [0.15, 0.2) is 6.10 Å². The average molecular weight is 289 g/mol. The predicted octanol–water partition coefficient (Wildman–Crippen LogP) is 2.05. The van der Waals surface area contributed by atoms with Crippen LogP contribution in [0, 0.1) is 0 Å². The van der Waals surface area contributed by atoms with Crippen molar-refractivity contribution >= 4 is 21.9 Å². The van der Waals surface area contributed by atoms with Gasteiger partial charge in [0, 0.05) is 0 Å². The first-order valence-corrected chi connectivity index (χ1v) is 5.57. The summed E-state index contributed by atoms with van der Waals surface area (Å²) in [7, 11) is 1.54. The second-order valence-corrected chi connectivity index (χ2v) is 3.90. The molecule has 0 saturated carbocycles. The Labute approximate surface area is 102 Å². The Morgan fingerprint density at radius 1 is 1.56 bits per heavy atom. The highest BCUT2D eigenvalue weighted by Crippen LogP contribution is 2.28. The number of ether oxygens (including phenoxy) is 2. The summed E-state index contributed by atoms with van der Waals surface area (Å²) < 4.78 is 10.4. The number of aliphatic hydroxyl groups excluding tert-OH is 1. The van der Waals surface area contributed by atoms with Gasteiger partial charge in [-0.15, -0.1) is 0 Å². The minimum atomic E-state index is -1.26. The van der Waals surface area contributed by atoms with Crippen LogP contribution >= 0.6 is 15.9 Å². The maximum Gasteiger partial charge on any atom is 0.339 e. The van der Waals surface area contributed by atoms with Crippen molar-refractivity contribution in [3.05, 3.63) is 28.2 Å². The predicted molar refractivity (Wildman–Crippen MR) is 62.3 cm³/mol.